The van der Waals surface area contributed by atoms with Gasteiger partial charge in [0.15, 0.2) is 12.4 Å². The molecular weight excluding hydrogens is 258 g/mol. The molecule has 0 spiro atoms. The minimum atomic E-state index is 0.244. The summed E-state index contributed by atoms with van der Waals surface area (Å²) in [5, 5.41) is 7.89. The first-order valence-electron chi connectivity index (χ1n) is 6.24. The largest absolute Gasteiger partial charge is 0.484 e. The van der Waals surface area contributed by atoms with Crippen molar-refractivity contribution in [3.05, 3.63) is 48.6 Å². The third-order valence-electron chi connectivity index (χ3n) is 2.69. The normalized spacial score (nSPS) is 10.7. The molecule has 0 N–H and O–H groups in total. The zero-order valence-electron chi connectivity index (χ0n) is 10.9. The second-order valence-electron chi connectivity index (χ2n) is 4.08. The van der Waals surface area contributed by atoms with Gasteiger partial charge >= 0.3 is 0 Å². The lowest BCUT2D eigenvalue weighted by Gasteiger charge is -2.05. The molecule has 0 aliphatic heterocycles. The Morgan fingerprint density at radius 3 is 3.05 bits per heavy atom. The predicted molar refractivity (Wildman–Crippen MR) is 69.4 cm³/mol. The van der Waals surface area contributed by atoms with Gasteiger partial charge in [0.05, 0.1) is 5.69 Å². The number of ether oxygens (including phenoxy) is 1. The van der Waals surface area contributed by atoms with Crippen molar-refractivity contribution in [1.29, 1.82) is 0 Å². The third kappa shape index (κ3) is 2.66. The lowest BCUT2D eigenvalue weighted by atomic mass is 10.3. The highest BCUT2D eigenvalue weighted by molar-refractivity contribution is 5.38. The number of benzene rings is 1. The van der Waals surface area contributed by atoms with Crippen molar-refractivity contribution in [3.8, 4) is 11.4 Å². The molecule has 0 radical (unpaired) electrons. The summed E-state index contributed by atoms with van der Waals surface area (Å²) < 4.78 is 12.4. The molecule has 20 heavy (non-hydrogen) atoms. The maximum absolute atomic E-state index is 5.63. The monoisotopic (exact) mass is 271 g/mol. The smallest absolute Gasteiger partial charge is 0.264 e. The van der Waals surface area contributed by atoms with Crippen LogP contribution in [0.4, 0.5) is 0 Å². The second-order valence-corrected chi connectivity index (χ2v) is 4.08. The van der Waals surface area contributed by atoms with Crippen LogP contribution in [0, 0.1) is 0 Å². The lowest BCUT2D eigenvalue weighted by molar-refractivity contribution is 0.242. The molecule has 7 heteroatoms. The van der Waals surface area contributed by atoms with Crippen molar-refractivity contribution < 1.29 is 9.26 Å². The van der Waals surface area contributed by atoms with E-state index in [1.807, 2.05) is 31.2 Å². The van der Waals surface area contributed by atoms with Crippen LogP contribution < -0.4 is 4.74 Å². The molecule has 0 saturated carbocycles. The predicted octanol–water partition coefficient (Wildman–Crippen LogP) is 1.79. The topological polar surface area (TPSA) is 78.9 Å². The van der Waals surface area contributed by atoms with E-state index in [0.717, 1.165) is 12.1 Å². The summed E-state index contributed by atoms with van der Waals surface area (Å²) in [5.41, 5.74) is 0.875. The maximum atomic E-state index is 5.63. The molecule has 0 unspecified atom stereocenters. The number of nitrogens with zero attached hydrogens (tertiary/aromatic N) is 5. The average molecular weight is 271 g/mol. The van der Waals surface area contributed by atoms with E-state index in [1.165, 1.54) is 6.33 Å². The van der Waals surface area contributed by atoms with Gasteiger partial charge in [0.1, 0.15) is 18.4 Å². The number of hydrogen-bond donors (Lipinski definition) is 0. The van der Waals surface area contributed by atoms with Gasteiger partial charge < -0.3 is 9.26 Å². The third-order valence-corrected chi connectivity index (χ3v) is 2.69. The molecule has 0 aliphatic carbocycles. The molecular formula is C13H13N5O2. The quantitative estimate of drug-likeness (QED) is 0.704. The molecule has 0 aliphatic rings. The molecule has 0 bridgehead atoms. The zero-order chi connectivity index (χ0) is 13.8. The Bertz CT molecular complexity index is 678. The zero-order valence-corrected chi connectivity index (χ0v) is 10.9. The summed E-state index contributed by atoms with van der Waals surface area (Å²) in [6, 6.07) is 7.53. The fraction of sp³-hybridized carbons (Fsp3) is 0.231. The van der Waals surface area contributed by atoms with E-state index in [2.05, 4.69) is 20.2 Å². The second kappa shape index (κ2) is 5.52. The first-order chi connectivity index (χ1) is 9.85. The van der Waals surface area contributed by atoms with Crippen LogP contribution in [0.2, 0.25) is 0 Å². The standard InChI is InChI=1S/C13H13N5O2/c1-2-12-16-13(20-17-12)7-19-11-5-3-4-10(6-11)18-9-14-8-15-18/h3-6,8-9H,2,7H2,1H3. The Balaban J connectivity index is 1.70. The number of aryl methyl sites for hydroxylation is 1. The molecule has 102 valence electrons. The van der Waals surface area contributed by atoms with E-state index < -0.39 is 0 Å². The van der Waals surface area contributed by atoms with Gasteiger partial charge in [-0.1, -0.05) is 18.1 Å². The van der Waals surface area contributed by atoms with Crippen molar-refractivity contribution in [2.24, 2.45) is 0 Å². The van der Waals surface area contributed by atoms with E-state index >= 15 is 0 Å². The molecule has 0 saturated heterocycles. The number of aromatic nitrogens is 5. The summed E-state index contributed by atoms with van der Waals surface area (Å²) in [6.07, 6.45) is 3.86. The van der Waals surface area contributed by atoms with Gasteiger partial charge in [-0.3, -0.25) is 0 Å². The number of rotatable bonds is 5. The molecule has 0 fully saturated rings. The van der Waals surface area contributed by atoms with Crippen molar-refractivity contribution in [2.75, 3.05) is 0 Å². The molecule has 0 amide bonds. The lowest BCUT2D eigenvalue weighted by Crippen LogP contribution is -1.98. The van der Waals surface area contributed by atoms with E-state index in [-0.39, 0.29) is 6.61 Å². The Labute approximate surface area is 115 Å². The Morgan fingerprint density at radius 1 is 1.35 bits per heavy atom. The summed E-state index contributed by atoms with van der Waals surface area (Å²) >= 11 is 0. The molecule has 1 aromatic carbocycles. The molecule has 2 heterocycles. The summed E-state index contributed by atoms with van der Waals surface area (Å²) in [5.74, 6) is 1.85. The van der Waals surface area contributed by atoms with Crippen LogP contribution in [0.3, 0.4) is 0 Å². The van der Waals surface area contributed by atoms with Crippen LogP contribution in [-0.4, -0.2) is 24.9 Å². The van der Waals surface area contributed by atoms with Crippen LogP contribution in [0.15, 0.2) is 41.4 Å². The fourth-order valence-corrected chi connectivity index (χ4v) is 1.69. The van der Waals surface area contributed by atoms with E-state index in [9.17, 15) is 0 Å². The van der Waals surface area contributed by atoms with Crippen LogP contribution >= 0.6 is 0 Å². The minimum absolute atomic E-state index is 0.244. The van der Waals surface area contributed by atoms with Gasteiger partial charge in [0.25, 0.3) is 5.89 Å². The summed E-state index contributed by atoms with van der Waals surface area (Å²) in [4.78, 5) is 8.10. The van der Waals surface area contributed by atoms with Gasteiger partial charge in [0.2, 0.25) is 0 Å². The van der Waals surface area contributed by atoms with Crippen LogP contribution in [-0.2, 0) is 13.0 Å². The summed E-state index contributed by atoms with van der Waals surface area (Å²) in [6.45, 7) is 2.21. The SMILES string of the molecule is CCc1noc(COc2cccc(-n3cncn3)c2)n1. The summed E-state index contributed by atoms with van der Waals surface area (Å²) in [7, 11) is 0. The molecule has 3 rings (SSSR count). The van der Waals surface area contributed by atoms with Crippen LogP contribution in [0.25, 0.3) is 5.69 Å². The van der Waals surface area contributed by atoms with Crippen LogP contribution in [0.5, 0.6) is 5.75 Å². The van der Waals surface area contributed by atoms with Gasteiger partial charge in [-0.2, -0.15) is 10.1 Å². The highest BCUT2D eigenvalue weighted by atomic mass is 16.5. The van der Waals surface area contributed by atoms with Crippen molar-refractivity contribution >= 4 is 0 Å². The Morgan fingerprint density at radius 2 is 2.30 bits per heavy atom. The van der Waals surface area contributed by atoms with E-state index in [1.54, 1.807) is 11.0 Å². The van der Waals surface area contributed by atoms with Crippen molar-refractivity contribution in [3.63, 3.8) is 0 Å². The first kappa shape index (κ1) is 12.3. The van der Waals surface area contributed by atoms with E-state index in [0.29, 0.717) is 17.5 Å². The molecule has 0 atom stereocenters. The Hall–Kier alpha value is -2.70. The van der Waals surface area contributed by atoms with Gasteiger partial charge in [-0.05, 0) is 12.1 Å². The fourth-order valence-electron chi connectivity index (χ4n) is 1.69. The first-order valence-corrected chi connectivity index (χ1v) is 6.24. The maximum Gasteiger partial charge on any atom is 0.264 e. The van der Waals surface area contributed by atoms with E-state index in [4.69, 9.17) is 9.26 Å². The molecule has 3 aromatic rings. The molecule has 2 aromatic heterocycles. The van der Waals surface area contributed by atoms with Gasteiger partial charge in [-0.25, -0.2) is 9.67 Å². The van der Waals surface area contributed by atoms with Gasteiger partial charge in [-0.15, -0.1) is 0 Å². The number of hydrogen-bond acceptors (Lipinski definition) is 6. The highest BCUT2D eigenvalue weighted by Crippen LogP contribution is 2.17. The Kier molecular flexibility index (Phi) is 3.40. The minimum Gasteiger partial charge on any atom is -0.484 e. The van der Waals surface area contributed by atoms with Crippen LogP contribution in [0.1, 0.15) is 18.6 Å². The molecule has 7 nitrogen and oxygen atoms in total. The highest BCUT2D eigenvalue weighted by Gasteiger charge is 2.06. The average Bonchev–Trinajstić information content (AvgIpc) is 3.17. The van der Waals surface area contributed by atoms with Gasteiger partial charge in [0, 0.05) is 12.5 Å². The van der Waals surface area contributed by atoms with Crippen molar-refractivity contribution in [2.45, 2.75) is 20.0 Å². The van der Waals surface area contributed by atoms with Crippen molar-refractivity contribution in [1.82, 2.24) is 24.9 Å².